The molecule has 9 rings (SSSR count). The zero-order chi connectivity index (χ0) is 27.6. The minimum Gasteiger partial charge on any atom is -0.456 e. The maximum absolute atomic E-state index is 6.56. The molecule has 42 heavy (non-hydrogen) atoms. The molecule has 0 aliphatic carbocycles. The minimum atomic E-state index is 0.921. The Hall–Kier alpha value is -5.18. The van der Waals surface area contributed by atoms with Gasteiger partial charge in [-0.05, 0) is 72.9 Å². The average molecular weight is 553 g/mol. The van der Waals surface area contributed by atoms with E-state index in [9.17, 15) is 0 Å². The molecule has 0 bridgehead atoms. The Morgan fingerprint density at radius 1 is 0.381 bits per heavy atom. The molecule has 2 heterocycles. The van der Waals surface area contributed by atoms with Gasteiger partial charge in [0.15, 0.2) is 0 Å². The lowest BCUT2D eigenvalue weighted by Gasteiger charge is -2.18. The quantitative estimate of drug-likeness (QED) is 0.199. The van der Waals surface area contributed by atoms with Crippen LogP contribution in [0.4, 0.5) is 0 Å². The van der Waals surface area contributed by atoms with Crippen molar-refractivity contribution in [3.05, 3.63) is 145 Å². The predicted molar refractivity (Wildman–Crippen MR) is 180 cm³/mol. The Balaban J connectivity index is 1.43. The number of furan rings is 1. The van der Waals surface area contributed by atoms with Crippen LogP contribution in [0.5, 0.6) is 0 Å². The topological polar surface area (TPSA) is 13.1 Å². The van der Waals surface area contributed by atoms with Gasteiger partial charge in [0.05, 0.1) is 0 Å². The average Bonchev–Trinajstić information content (AvgIpc) is 3.66. The summed E-state index contributed by atoms with van der Waals surface area (Å²) in [6.45, 7) is 0. The largest absolute Gasteiger partial charge is 0.456 e. The van der Waals surface area contributed by atoms with Crippen LogP contribution in [0, 0.1) is 0 Å². The van der Waals surface area contributed by atoms with Crippen molar-refractivity contribution < 1.29 is 4.42 Å². The van der Waals surface area contributed by atoms with Gasteiger partial charge in [-0.25, -0.2) is 0 Å². The molecule has 0 fully saturated rings. The highest BCUT2D eigenvalue weighted by Crippen LogP contribution is 2.49. The highest BCUT2D eigenvalue weighted by molar-refractivity contribution is 7.19. The molecule has 0 N–H and O–H groups in total. The third-order valence-corrected chi connectivity index (χ3v) is 9.56. The third-order valence-electron chi connectivity index (χ3n) is 8.55. The van der Waals surface area contributed by atoms with Crippen molar-refractivity contribution in [2.24, 2.45) is 0 Å². The fourth-order valence-corrected chi connectivity index (χ4v) is 7.90. The van der Waals surface area contributed by atoms with E-state index in [0.717, 1.165) is 11.2 Å². The lowest BCUT2D eigenvalue weighted by atomic mass is 9.85. The van der Waals surface area contributed by atoms with E-state index in [1.54, 1.807) is 0 Å². The Morgan fingerprint density at radius 2 is 0.952 bits per heavy atom. The van der Waals surface area contributed by atoms with E-state index in [1.807, 2.05) is 11.3 Å². The zero-order valence-electron chi connectivity index (χ0n) is 22.7. The van der Waals surface area contributed by atoms with Gasteiger partial charge in [-0.3, -0.25) is 0 Å². The molecule has 2 aromatic heterocycles. The predicted octanol–water partition coefficient (Wildman–Crippen LogP) is 12.1. The van der Waals surface area contributed by atoms with E-state index in [0.29, 0.717) is 0 Å². The Morgan fingerprint density at radius 3 is 1.62 bits per heavy atom. The van der Waals surface area contributed by atoms with Gasteiger partial charge < -0.3 is 4.42 Å². The Kier molecular flexibility index (Phi) is 5.13. The van der Waals surface area contributed by atoms with Crippen LogP contribution < -0.4 is 0 Å². The minimum absolute atomic E-state index is 0.921. The van der Waals surface area contributed by atoms with Crippen LogP contribution in [-0.2, 0) is 0 Å². The summed E-state index contributed by atoms with van der Waals surface area (Å²) in [4.78, 5) is 0. The van der Waals surface area contributed by atoms with Gasteiger partial charge in [0.1, 0.15) is 11.2 Å². The lowest BCUT2D eigenvalue weighted by molar-refractivity contribution is 0.669. The van der Waals surface area contributed by atoms with Crippen molar-refractivity contribution in [1.82, 2.24) is 0 Å². The van der Waals surface area contributed by atoms with E-state index in [4.69, 9.17) is 4.42 Å². The van der Waals surface area contributed by atoms with Crippen molar-refractivity contribution in [3.8, 4) is 33.4 Å². The normalized spacial score (nSPS) is 11.8. The molecule has 9 aromatic rings. The maximum atomic E-state index is 6.56. The standard InChI is InChI=1S/C40H24OS/c1-3-12-25(13-4-1)33-24-42-40-31(33)22-23-35-39(40)38-32(20-11-21-34(38)41-35)37-29-18-9-7-16-27(29)36(26-14-5-2-6-15-26)28-17-8-10-19-30(28)37/h1-24H. The van der Waals surface area contributed by atoms with Crippen LogP contribution in [0.15, 0.2) is 149 Å². The van der Waals surface area contributed by atoms with E-state index >= 15 is 0 Å². The second-order valence-electron chi connectivity index (χ2n) is 10.8. The van der Waals surface area contributed by atoms with Gasteiger partial charge in [0.2, 0.25) is 0 Å². The number of fused-ring (bicyclic) bond motifs is 7. The first kappa shape index (κ1) is 23.5. The molecule has 196 valence electrons. The zero-order valence-corrected chi connectivity index (χ0v) is 23.5. The first-order valence-corrected chi connectivity index (χ1v) is 15.1. The van der Waals surface area contributed by atoms with Crippen LogP contribution in [0.3, 0.4) is 0 Å². The first-order chi connectivity index (χ1) is 20.9. The molecule has 1 nitrogen and oxygen atoms in total. The van der Waals surface area contributed by atoms with E-state index in [2.05, 4.69) is 145 Å². The van der Waals surface area contributed by atoms with Crippen molar-refractivity contribution in [1.29, 1.82) is 0 Å². The summed E-state index contributed by atoms with van der Waals surface area (Å²) < 4.78 is 7.83. The van der Waals surface area contributed by atoms with Gasteiger partial charge in [0, 0.05) is 26.4 Å². The summed E-state index contributed by atoms with van der Waals surface area (Å²) in [5, 5.41) is 11.0. The summed E-state index contributed by atoms with van der Waals surface area (Å²) in [7, 11) is 0. The highest BCUT2D eigenvalue weighted by Gasteiger charge is 2.22. The second-order valence-corrected chi connectivity index (χ2v) is 11.7. The van der Waals surface area contributed by atoms with E-state index in [-0.39, 0.29) is 0 Å². The molecular weight excluding hydrogens is 529 g/mol. The smallest absolute Gasteiger partial charge is 0.136 e. The second kappa shape index (κ2) is 9.17. The molecule has 2 heteroatoms. The van der Waals surface area contributed by atoms with Crippen LogP contribution >= 0.6 is 11.3 Å². The molecule has 0 amide bonds. The molecule has 0 unspecified atom stereocenters. The fourth-order valence-electron chi connectivity index (χ4n) is 6.78. The van der Waals surface area contributed by atoms with Crippen molar-refractivity contribution >= 4 is 64.9 Å². The summed E-state index contributed by atoms with van der Waals surface area (Å²) in [6, 6.07) is 50.1. The van der Waals surface area contributed by atoms with Crippen LogP contribution in [0.2, 0.25) is 0 Å². The summed E-state index contributed by atoms with van der Waals surface area (Å²) in [5.41, 5.74) is 9.34. The number of thiophene rings is 1. The summed E-state index contributed by atoms with van der Waals surface area (Å²) in [5.74, 6) is 0. The van der Waals surface area contributed by atoms with Crippen LogP contribution in [0.25, 0.3) is 87.0 Å². The van der Waals surface area contributed by atoms with Gasteiger partial charge in [-0.15, -0.1) is 11.3 Å². The molecule has 0 aliphatic rings. The Labute approximate surface area is 246 Å². The van der Waals surface area contributed by atoms with Gasteiger partial charge >= 0.3 is 0 Å². The number of benzene rings is 7. The molecule has 0 radical (unpaired) electrons. The molecule has 7 aromatic carbocycles. The van der Waals surface area contributed by atoms with Crippen LogP contribution in [-0.4, -0.2) is 0 Å². The SMILES string of the molecule is c1ccc(-c2c3ccccc3c(-c3cccc4oc5ccc6c(-c7ccccc7)csc6c5c34)c3ccccc23)cc1. The van der Waals surface area contributed by atoms with Gasteiger partial charge in [-0.2, -0.15) is 0 Å². The lowest BCUT2D eigenvalue weighted by Crippen LogP contribution is -1.91. The van der Waals surface area contributed by atoms with E-state index < -0.39 is 0 Å². The number of hydrogen-bond donors (Lipinski definition) is 0. The molecule has 0 saturated heterocycles. The molecule has 0 saturated carbocycles. The molecule has 0 atom stereocenters. The summed E-state index contributed by atoms with van der Waals surface area (Å²) in [6.07, 6.45) is 0. The fraction of sp³-hybridized carbons (Fsp3) is 0. The third kappa shape index (κ3) is 3.36. The molecule has 0 spiro atoms. The van der Waals surface area contributed by atoms with Crippen molar-refractivity contribution in [2.75, 3.05) is 0 Å². The van der Waals surface area contributed by atoms with Gasteiger partial charge in [-0.1, -0.05) is 121 Å². The van der Waals surface area contributed by atoms with E-state index in [1.165, 1.54) is 75.8 Å². The highest BCUT2D eigenvalue weighted by atomic mass is 32.1. The number of rotatable bonds is 3. The summed E-state index contributed by atoms with van der Waals surface area (Å²) >= 11 is 1.81. The number of hydrogen-bond acceptors (Lipinski definition) is 2. The van der Waals surface area contributed by atoms with Gasteiger partial charge in [0.25, 0.3) is 0 Å². The Bertz CT molecular complexity index is 2390. The maximum Gasteiger partial charge on any atom is 0.136 e. The van der Waals surface area contributed by atoms with Crippen LogP contribution in [0.1, 0.15) is 0 Å². The van der Waals surface area contributed by atoms with Crippen molar-refractivity contribution in [3.63, 3.8) is 0 Å². The van der Waals surface area contributed by atoms with Crippen molar-refractivity contribution in [2.45, 2.75) is 0 Å². The monoisotopic (exact) mass is 552 g/mol. The first-order valence-electron chi connectivity index (χ1n) is 14.3. The molecular formula is C40H24OS. The molecule has 0 aliphatic heterocycles.